The first-order valence-corrected chi connectivity index (χ1v) is 14.7. The number of hydrogen-bond acceptors (Lipinski definition) is 4. The van der Waals surface area contributed by atoms with Gasteiger partial charge >= 0.3 is 0 Å². The average Bonchev–Trinajstić information content (AvgIpc) is 2.88. The lowest BCUT2D eigenvalue weighted by Gasteiger charge is -2.27. The Morgan fingerprint density at radius 2 is 1.59 bits per heavy atom. The molecule has 3 aromatic rings. The summed E-state index contributed by atoms with van der Waals surface area (Å²) >= 11 is 12.7. The van der Waals surface area contributed by atoms with Crippen molar-refractivity contribution in [3.63, 3.8) is 0 Å². The molecule has 4 rings (SSSR count). The molecule has 0 amide bonds. The van der Waals surface area contributed by atoms with Crippen LogP contribution in [0.25, 0.3) is 0 Å². The number of piperidine rings is 1. The number of nitrogens with zero attached hydrogens (tertiary/aromatic N) is 2. The van der Waals surface area contributed by atoms with Crippen LogP contribution in [0.5, 0.6) is 5.75 Å². The van der Waals surface area contributed by atoms with Crippen molar-refractivity contribution in [3.8, 4) is 5.75 Å². The Kier molecular flexibility index (Phi) is 11.4. The predicted octanol–water partition coefficient (Wildman–Crippen LogP) is 7.21. The molecular weight excluding hydrogens is 551 g/mol. The standard InChI is InChI=1S/C28H32Cl2N2O3S.ClH/c29-25-14-15-26(30)27(20-25)32(36(33,34)22-23-10-3-1-4-11-23)21-24-12-5-6-13-28(24)35-19-9-18-31-16-7-2-8-17-31;/h1,3-6,10-15,20H,2,7-9,16-19,21-22H2;1H. The maximum absolute atomic E-state index is 13.7. The smallest absolute Gasteiger partial charge is 0.239 e. The van der Waals surface area contributed by atoms with Crippen molar-refractivity contribution < 1.29 is 13.2 Å². The van der Waals surface area contributed by atoms with Gasteiger partial charge in [-0.25, -0.2) is 8.42 Å². The Morgan fingerprint density at radius 1 is 0.892 bits per heavy atom. The van der Waals surface area contributed by atoms with Crippen LogP contribution in [0, 0.1) is 0 Å². The maximum Gasteiger partial charge on any atom is 0.239 e. The highest BCUT2D eigenvalue weighted by Crippen LogP contribution is 2.34. The number of ether oxygens (including phenoxy) is 1. The summed E-state index contributed by atoms with van der Waals surface area (Å²) < 4.78 is 34.9. The molecule has 1 aliphatic rings. The molecule has 200 valence electrons. The van der Waals surface area contributed by atoms with E-state index in [2.05, 4.69) is 4.90 Å². The van der Waals surface area contributed by atoms with Crippen LogP contribution in [0.3, 0.4) is 0 Å². The van der Waals surface area contributed by atoms with E-state index in [9.17, 15) is 8.42 Å². The van der Waals surface area contributed by atoms with E-state index in [1.165, 1.54) is 23.6 Å². The molecule has 0 radical (unpaired) electrons. The summed E-state index contributed by atoms with van der Waals surface area (Å²) in [6.45, 7) is 3.98. The third-order valence-corrected chi connectivity index (χ3v) is 8.57. The zero-order valence-electron chi connectivity index (χ0n) is 20.7. The van der Waals surface area contributed by atoms with Gasteiger partial charge in [-0.2, -0.15) is 0 Å². The quantitative estimate of drug-likeness (QED) is 0.224. The summed E-state index contributed by atoms with van der Waals surface area (Å²) in [5, 5.41) is 0.729. The van der Waals surface area contributed by atoms with E-state index in [0.29, 0.717) is 33.7 Å². The molecule has 0 saturated carbocycles. The van der Waals surface area contributed by atoms with Gasteiger partial charge in [-0.05, 0) is 62.2 Å². The largest absolute Gasteiger partial charge is 0.493 e. The zero-order valence-corrected chi connectivity index (χ0v) is 23.8. The molecule has 0 aliphatic carbocycles. The fourth-order valence-electron chi connectivity index (χ4n) is 4.46. The molecule has 9 heteroatoms. The monoisotopic (exact) mass is 582 g/mol. The molecule has 0 atom stereocenters. The van der Waals surface area contributed by atoms with Crippen molar-refractivity contribution in [2.24, 2.45) is 0 Å². The highest BCUT2D eigenvalue weighted by Gasteiger charge is 2.26. The van der Waals surface area contributed by atoms with Crippen LogP contribution in [-0.2, 0) is 22.3 Å². The molecular formula is C28H33Cl3N2O3S. The van der Waals surface area contributed by atoms with Gasteiger partial charge < -0.3 is 9.64 Å². The van der Waals surface area contributed by atoms with Crippen molar-refractivity contribution in [1.29, 1.82) is 0 Å². The van der Waals surface area contributed by atoms with Gasteiger partial charge in [-0.15, -0.1) is 12.4 Å². The van der Waals surface area contributed by atoms with Gasteiger partial charge in [0, 0.05) is 17.1 Å². The zero-order chi connectivity index (χ0) is 25.4. The van der Waals surface area contributed by atoms with Crippen LogP contribution in [-0.4, -0.2) is 39.6 Å². The van der Waals surface area contributed by atoms with E-state index in [1.54, 1.807) is 30.3 Å². The van der Waals surface area contributed by atoms with Crippen LogP contribution in [0.4, 0.5) is 5.69 Å². The third-order valence-electron chi connectivity index (χ3n) is 6.32. The van der Waals surface area contributed by atoms with Gasteiger partial charge in [0.05, 0.1) is 29.6 Å². The molecule has 37 heavy (non-hydrogen) atoms. The van der Waals surface area contributed by atoms with E-state index in [0.717, 1.165) is 31.6 Å². The summed E-state index contributed by atoms with van der Waals surface area (Å²) in [5.41, 5.74) is 1.81. The number of hydrogen-bond donors (Lipinski definition) is 0. The number of rotatable bonds is 11. The number of sulfonamides is 1. The molecule has 3 aromatic carbocycles. The van der Waals surface area contributed by atoms with Gasteiger partial charge in [0.2, 0.25) is 10.0 Å². The Bertz CT molecular complexity index is 1240. The average molecular weight is 584 g/mol. The Labute approximate surface area is 236 Å². The van der Waals surface area contributed by atoms with E-state index >= 15 is 0 Å². The maximum atomic E-state index is 13.7. The van der Waals surface area contributed by atoms with Crippen LogP contribution >= 0.6 is 35.6 Å². The molecule has 1 aliphatic heterocycles. The fraction of sp³-hybridized carbons (Fsp3) is 0.357. The Hall–Kier alpha value is -1.96. The highest BCUT2D eigenvalue weighted by molar-refractivity contribution is 7.92. The molecule has 0 unspecified atom stereocenters. The second kappa shape index (κ2) is 14.3. The second-order valence-corrected chi connectivity index (χ2v) is 11.8. The fourth-order valence-corrected chi connectivity index (χ4v) is 6.45. The minimum atomic E-state index is -3.79. The van der Waals surface area contributed by atoms with Crippen molar-refractivity contribution in [2.75, 3.05) is 30.5 Å². The minimum absolute atomic E-state index is 0. The van der Waals surface area contributed by atoms with Gasteiger partial charge in [0.1, 0.15) is 5.75 Å². The number of para-hydroxylation sites is 1. The molecule has 1 saturated heterocycles. The van der Waals surface area contributed by atoms with Gasteiger partial charge in [0.25, 0.3) is 0 Å². The molecule has 0 bridgehead atoms. The topological polar surface area (TPSA) is 49.9 Å². The lowest BCUT2D eigenvalue weighted by Crippen LogP contribution is -2.32. The molecule has 1 heterocycles. The van der Waals surface area contributed by atoms with E-state index in [1.807, 2.05) is 42.5 Å². The summed E-state index contributed by atoms with van der Waals surface area (Å²) in [4.78, 5) is 2.48. The van der Waals surface area contributed by atoms with E-state index < -0.39 is 10.0 Å². The lowest BCUT2D eigenvalue weighted by molar-refractivity contribution is 0.204. The Morgan fingerprint density at radius 3 is 2.35 bits per heavy atom. The molecule has 5 nitrogen and oxygen atoms in total. The van der Waals surface area contributed by atoms with Gasteiger partial charge in [-0.3, -0.25) is 4.31 Å². The minimum Gasteiger partial charge on any atom is -0.493 e. The first-order chi connectivity index (χ1) is 17.4. The normalized spacial score (nSPS) is 14.1. The number of anilines is 1. The van der Waals surface area contributed by atoms with E-state index in [4.69, 9.17) is 27.9 Å². The molecule has 1 fully saturated rings. The first kappa shape index (κ1) is 29.6. The summed E-state index contributed by atoms with van der Waals surface area (Å²) in [7, 11) is -3.79. The van der Waals surface area contributed by atoms with Crippen molar-refractivity contribution in [3.05, 3.63) is 94.0 Å². The molecule has 0 spiro atoms. The number of likely N-dealkylation sites (tertiary alicyclic amines) is 1. The van der Waals surface area contributed by atoms with Gasteiger partial charge in [-0.1, -0.05) is 78.2 Å². The second-order valence-electron chi connectivity index (χ2n) is 9.06. The first-order valence-electron chi connectivity index (χ1n) is 12.3. The van der Waals surface area contributed by atoms with Gasteiger partial charge in [0.15, 0.2) is 0 Å². The third kappa shape index (κ3) is 8.52. The van der Waals surface area contributed by atoms with Crippen LogP contribution in [0.2, 0.25) is 10.0 Å². The molecule has 0 aromatic heterocycles. The molecule has 0 N–H and O–H groups in total. The van der Waals surface area contributed by atoms with Crippen LogP contribution < -0.4 is 9.04 Å². The van der Waals surface area contributed by atoms with Crippen molar-refractivity contribution >= 4 is 51.3 Å². The predicted molar refractivity (Wildman–Crippen MR) is 156 cm³/mol. The van der Waals surface area contributed by atoms with Crippen molar-refractivity contribution in [2.45, 2.75) is 38.0 Å². The number of halogens is 3. The van der Waals surface area contributed by atoms with Crippen LogP contribution in [0.15, 0.2) is 72.8 Å². The SMILES string of the molecule is Cl.O=S(=O)(Cc1ccccc1)N(Cc1ccccc1OCCCN1CCCCC1)c1cc(Cl)ccc1Cl. The van der Waals surface area contributed by atoms with E-state index in [-0.39, 0.29) is 24.7 Å². The summed E-state index contributed by atoms with van der Waals surface area (Å²) in [6, 6.07) is 21.5. The van der Waals surface area contributed by atoms with Crippen LogP contribution in [0.1, 0.15) is 36.8 Å². The number of benzene rings is 3. The summed E-state index contributed by atoms with van der Waals surface area (Å²) in [6.07, 6.45) is 4.78. The Balaban J connectivity index is 0.00000380. The lowest BCUT2D eigenvalue weighted by atomic mass is 10.1. The highest BCUT2D eigenvalue weighted by atomic mass is 35.5. The summed E-state index contributed by atoms with van der Waals surface area (Å²) in [5.74, 6) is 0.518. The van der Waals surface area contributed by atoms with Crippen molar-refractivity contribution in [1.82, 2.24) is 4.90 Å².